The second-order valence-corrected chi connectivity index (χ2v) is 3.18. The largest absolute Gasteiger partial charge is 0.466 e. The number of carbonyl (C=O) groups excluding carboxylic acids is 1. The van der Waals surface area contributed by atoms with Gasteiger partial charge < -0.3 is 4.74 Å². The average molecular weight is 209 g/mol. The van der Waals surface area contributed by atoms with Gasteiger partial charge >= 0.3 is 5.97 Å². The molecule has 0 bridgehead atoms. The van der Waals surface area contributed by atoms with Crippen molar-refractivity contribution in [1.29, 1.82) is 0 Å². The maximum absolute atomic E-state index is 10.3. The maximum Gasteiger partial charge on any atom is 0.302 e. The molecule has 0 aliphatic carbocycles. The molecule has 0 aromatic rings. The lowest BCUT2D eigenvalue weighted by atomic mass is 10.1. The monoisotopic (exact) mass is 208 g/mol. The second kappa shape index (κ2) is 5.71. The van der Waals surface area contributed by atoms with Crippen molar-refractivity contribution in [2.45, 2.75) is 20.3 Å². The van der Waals surface area contributed by atoms with Gasteiger partial charge in [-0.05, 0) is 12.3 Å². The Morgan fingerprint density at radius 1 is 1.70 bits per heavy atom. The fraction of sp³-hybridized carbons (Fsp3) is 0.857. The van der Waals surface area contributed by atoms with E-state index in [1.54, 1.807) is 0 Å². The highest BCUT2D eigenvalue weighted by Crippen LogP contribution is 2.04. The molecule has 0 amide bonds. The quantitative estimate of drug-likeness (QED) is 0.522. The first kappa shape index (κ1) is 9.95. The molecule has 0 aliphatic heterocycles. The highest BCUT2D eigenvalue weighted by Gasteiger charge is 2.01. The van der Waals surface area contributed by atoms with Gasteiger partial charge in [0.25, 0.3) is 0 Å². The van der Waals surface area contributed by atoms with Crippen LogP contribution in [0.3, 0.4) is 0 Å². The maximum atomic E-state index is 10.3. The van der Waals surface area contributed by atoms with Gasteiger partial charge in [-0.3, -0.25) is 4.79 Å². The van der Waals surface area contributed by atoms with E-state index in [1.807, 2.05) is 0 Å². The molecule has 0 unspecified atom stereocenters. The highest BCUT2D eigenvalue weighted by molar-refractivity contribution is 9.09. The molecule has 60 valence electrons. The molecule has 0 spiro atoms. The summed E-state index contributed by atoms with van der Waals surface area (Å²) < 4.78 is 4.80. The first-order valence-corrected chi connectivity index (χ1v) is 4.48. The van der Waals surface area contributed by atoms with Crippen molar-refractivity contribution in [1.82, 2.24) is 0 Å². The van der Waals surface area contributed by atoms with Crippen LogP contribution in [0.4, 0.5) is 0 Å². The van der Waals surface area contributed by atoms with E-state index in [0.29, 0.717) is 12.5 Å². The van der Waals surface area contributed by atoms with Crippen LogP contribution < -0.4 is 0 Å². The first-order valence-electron chi connectivity index (χ1n) is 3.36. The molecule has 0 aliphatic rings. The van der Waals surface area contributed by atoms with Gasteiger partial charge in [-0.15, -0.1) is 0 Å². The summed E-state index contributed by atoms with van der Waals surface area (Å²) in [6.07, 6.45) is 1.05. The number of carbonyl (C=O) groups is 1. The van der Waals surface area contributed by atoms with E-state index in [-0.39, 0.29) is 5.97 Å². The summed E-state index contributed by atoms with van der Waals surface area (Å²) in [7, 11) is 0. The van der Waals surface area contributed by atoms with Crippen LogP contribution in [-0.4, -0.2) is 17.9 Å². The molecule has 0 fully saturated rings. The molecule has 0 rings (SSSR count). The van der Waals surface area contributed by atoms with Crippen molar-refractivity contribution < 1.29 is 9.53 Å². The summed E-state index contributed by atoms with van der Waals surface area (Å²) in [5.41, 5.74) is 0. The zero-order valence-corrected chi connectivity index (χ0v) is 7.98. The van der Waals surface area contributed by atoms with Crippen LogP contribution >= 0.6 is 15.9 Å². The minimum atomic E-state index is -0.193. The molecule has 0 radical (unpaired) electrons. The lowest BCUT2D eigenvalue weighted by Crippen LogP contribution is -2.09. The minimum Gasteiger partial charge on any atom is -0.466 e. The van der Waals surface area contributed by atoms with Crippen LogP contribution in [0.2, 0.25) is 0 Å². The number of ether oxygens (including phenoxy) is 1. The highest BCUT2D eigenvalue weighted by atomic mass is 79.9. The van der Waals surface area contributed by atoms with Gasteiger partial charge in [0.15, 0.2) is 0 Å². The average Bonchev–Trinajstić information content (AvgIpc) is 1.85. The lowest BCUT2D eigenvalue weighted by molar-refractivity contribution is -0.142. The van der Waals surface area contributed by atoms with Crippen LogP contribution in [0.25, 0.3) is 0 Å². The third-order valence-corrected chi connectivity index (χ3v) is 1.63. The zero-order chi connectivity index (χ0) is 7.98. The van der Waals surface area contributed by atoms with Gasteiger partial charge in [0.2, 0.25) is 0 Å². The molecule has 0 saturated carbocycles. The molecule has 0 aromatic heterocycles. The summed E-state index contributed by atoms with van der Waals surface area (Å²) in [5, 5.41) is 0.968. The standard InChI is InChI=1S/C7H13BrO2/c1-6(3-4-8)5-10-7(2)9/h6H,3-5H2,1-2H3/t6-/m0/s1. The molecule has 10 heavy (non-hydrogen) atoms. The minimum absolute atomic E-state index is 0.193. The molecule has 1 atom stereocenters. The van der Waals surface area contributed by atoms with Gasteiger partial charge in [-0.25, -0.2) is 0 Å². The number of rotatable bonds is 4. The van der Waals surface area contributed by atoms with Crippen LogP contribution in [-0.2, 0) is 9.53 Å². The molecule has 0 heterocycles. The SMILES string of the molecule is CC(=O)OC[C@@H](C)CCBr. The zero-order valence-electron chi connectivity index (χ0n) is 6.39. The Morgan fingerprint density at radius 2 is 2.30 bits per heavy atom. The molecule has 0 saturated heterocycles. The van der Waals surface area contributed by atoms with Crippen molar-refractivity contribution in [3.05, 3.63) is 0 Å². The second-order valence-electron chi connectivity index (χ2n) is 2.39. The Hall–Kier alpha value is -0.0500. The fourth-order valence-corrected chi connectivity index (χ4v) is 1.31. The molecule has 0 aromatic carbocycles. The number of esters is 1. The van der Waals surface area contributed by atoms with Crippen LogP contribution in [0, 0.1) is 5.92 Å². The number of alkyl halides is 1. The van der Waals surface area contributed by atoms with E-state index in [4.69, 9.17) is 4.74 Å². The Balaban J connectivity index is 3.21. The molecular formula is C7H13BrO2. The van der Waals surface area contributed by atoms with Gasteiger partial charge in [-0.2, -0.15) is 0 Å². The van der Waals surface area contributed by atoms with Crippen molar-refractivity contribution in [3.8, 4) is 0 Å². The van der Waals surface area contributed by atoms with Crippen LogP contribution in [0.5, 0.6) is 0 Å². The summed E-state index contributed by atoms with van der Waals surface area (Å²) in [5.74, 6) is 0.268. The van der Waals surface area contributed by atoms with E-state index in [9.17, 15) is 4.79 Å². The first-order chi connectivity index (χ1) is 4.66. The number of hydrogen-bond acceptors (Lipinski definition) is 2. The topological polar surface area (TPSA) is 26.3 Å². The van der Waals surface area contributed by atoms with E-state index < -0.39 is 0 Å². The predicted molar refractivity (Wildman–Crippen MR) is 44.2 cm³/mol. The molecular weight excluding hydrogens is 196 g/mol. The summed E-state index contributed by atoms with van der Waals surface area (Å²) in [4.78, 5) is 10.3. The molecule has 3 heteroatoms. The van der Waals surface area contributed by atoms with E-state index in [0.717, 1.165) is 11.8 Å². The number of halogens is 1. The van der Waals surface area contributed by atoms with Crippen molar-refractivity contribution in [2.75, 3.05) is 11.9 Å². The van der Waals surface area contributed by atoms with E-state index in [1.165, 1.54) is 6.92 Å². The fourth-order valence-electron chi connectivity index (χ4n) is 0.529. The Bertz CT molecular complexity index is 104. The third-order valence-electron chi connectivity index (χ3n) is 1.17. The van der Waals surface area contributed by atoms with Crippen LogP contribution in [0.15, 0.2) is 0 Å². The normalized spacial score (nSPS) is 12.7. The van der Waals surface area contributed by atoms with Gasteiger partial charge in [0.05, 0.1) is 6.61 Å². The van der Waals surface area contributed by atoms with Gasteiger partial charge in [0, 0.05) is 12.3 Å². The van der Waals surface area contributed by atoms with Crippen LogP contribution in [0.1, 0.15) is 20.3 Å². The van der Waals surface area contributed by atoms with Crippen molar-refractivity contribution >= 4 is 21.9 Å². The smallest absolute Gasteiger partial charge is 0.302 e. The lowest BCUT2D eigenvalue weighted by Gasteiger charge is -2.07. The van der Waals surface area contributed by atoms with Crippen molar-refractivity contribution in [3.63, 3.8) is 0 Å². The van der Waals surface area contributed by atoms with E-state index >= 15 is 0 Å². The van der Waals surface area contributed by atoms with Gasteiger partial charge in [0.1, 0.15) is 0 Å². The third kappa shape index (κ3) is 6.08. The predicted octanol–water partition coefficient (Wildman–Crippen LogP) is 1.97. The Labute approximate surface area is 70.1 Å². The summed E-state index contributed by atoms with van der Waals surface area (Å²) in [6.45, 7) is 4.03. The summed E-state index contributed by atoms with van der Waals surface area (Å²) >= 11 is 3.32. The van der Waals surface area contributed by atoms with E-state index in [2.05, 4.69) is 22.9 Å². The Morgan fingerprint density at radius 3 is 2.70 bits per heavy atom. The number of hydrogen-bond donors (Lipinski definition) is 0. The van der Waals surface area contributed by atoms with Crippen molar-refractivity contribution in [2.24, 2.45) is 5.92 Å². The molecule has 0 N–H and O–H groups in total. The molecule has 2 nitrogen and oxygen atoms in total. The van der Waals surface area contributed by atoms with Gasteiger partial charge in [-0.1, -0.05) is 22.9 Å². The Kier molecular flexibility index (Phi) is 5.69. The summed E-state index contributed by atoms with van der Waals surface area (Å²) in [6, 6.07) is 0.